The Kier molecular flexibility index (Phi) is 7.97. The van der Waals surface area contributed by atoms with Crippen LogP contribution < -0.4 is 0 Å². The van der Waals surface area contributed by atoms with E-state index in [1.54, 1.807) is 0 Å². The second-order valence-electron chi connectivity index (χ2n) is 11.1. The van der Waals surface area contributed by atoms with Crippen molar-refractivity contribution >= 4 is 6.09 Å². The average Bonchev–Trinajstić information content (AvgIpc) is 3.20. The Morgan fingerprint density at radius 3 is 2.08 bits per heavy atom. The molecule has 2 aromatic carbocycles. The number of benzene rings is 2. The first-order valence-corrected chi connectivity index (χ1v) is 14.0. The van der Waals surface area contributed by atoms with Crippen molar-refractivity contribution in [3.63, 3.8) is 0 Å². The van der Waals surface area contributed by atoms with E-state index in [1.807, 2.05) is 4.90 Å². The lowest BCUT2D eigenvalue weighted by atomic mass is 9.78. The van der Waals surface area contributed by atoms with Crippen LogP contribution in [0.1, 0.15) is 88.2 Å². The van der Waals surface area contributed by atoms with Crippen molar-refractivity contribution in [2.45, 2.75) is 94.7 Å². The predicted octanol–water partition coefficient (Wildman–Crippen LogP) is 6.67. The number of rotatable bonds is 10. The predicted molar refractivity (Wildman–Crippen MR) is 142 cm³/mol. The molecule has 1 amide bonds. The van der Waals surface area contributed by atoms with E-state index in [1.165, 1.54) is 60.8 Å². The van der Waals surface area contributed by atoms with Crippen LogP contribution in [0.3, 0.4) is 0 Å². The number of ether oxygens (including phenoxy) is 2. The smallest absolute Gasteiger partial charge is 0.410 e. The van der Waals surface area contributed by atoms with Crippen LogP contribution in [0.4, 0.5) is 4.79 Å². The lowest BCUT2D eigenvalue weighted by molar-refractivity contribution is -0.135. The van der Waals surface area contributed by atoms with Crippen molar-refractivity contribution in [3.05, 3.63) is 59.7 Å². The number of piperidine rings is 1. The van der Waals surface area contributed by atoms with Gasteiger partial charge in [0.15, 0.2) is 0 Å². The van der Waals surface area contributed by atoms with Gasteiger partial charge < -0.3 is 14.6 Å². The van der Waals surface area contributed by atoms with Crippen molar-refractivity contribution in [2.24, 2.45) is 0 Å². The molecular formula is C31H41NO4. The largest absolute Gasteiger partial charge is 0.448 e. The summed E-state index contributed by atoms with van der Waals surface area (Å²) in [4.78, 5) is 15.2. The molecule has 5 rings (SSSR count). The quantitative estimate of drug-likeness (QED) is 0.377. The van der Waals surface area contributed by atoms with Crippen LogP contribution in [-0.2, 0) is 9.47 Å². The van der Waals surface area contributed by atoms with E-state index in [2.05, 4.69) is 55.5 Å². The first-order valence-electron chi connectivity index (χ1n) is 14.0. The van der Waals surface area contributed by atoms with Gasteiger partial charge in [-0.1, -0.05) is 100 Å². The van der Waals surface area contributed by atoms with Gasteiger partial charge in [0.2, 0.25) is 0 Å². The highest BCUT2D eigenvalue weighted by Gasteiger charge is 2.48. The summed E-state index contributed by atoms with van der Waals surface area (Å²) < 4.78 is 11.8. The van der Waals surface area contributed by atoms with Crippen LogP contribution in [0.15, 0.2) is 48.5 Å². The van der Waals surface area contributed by atoms with E-state index in [-0.39, 0.29) is 24.1 Å². The van der Waals surface area contributed by atoms with Gasteiger partial charge in [0.05, 0.1) is 30.9 Å². The fraction of sp³-hybridized carbons (Fsp3) is 0.581. The van der Waals surface area contributed by atoms with Crippen LogP contribution in [0.5, 0.6) is 0 Å². The number of nitrogens with zero attached hydrogens (tertiary/aromatic N) is 1. The first-order chi connectivity index (χ1) is 17.6. The number of hydrogen-bond acceptors (Lipinski definition) is 4. The summed E-state index contributed by atoms with van der Waals surface area (Å²) in [6.07, 6.45) is 10.4. The zero-order chi connectivity index (χ0) is 25.0. The second kappa shape index (κ2) is 11.4. The molecule has 194 valence electrons. The molecule has 5 heteroatoms. The second-order valence-corrected chi connectivity index (χ2v) is 11.1. The molecule has 2 aromatic rings. The molecule has 0 aromatic heterocycles. The minimum Gasteiger partial charge on any atom is -0.448 e. The van der Waals surface area contributed by atoms with Gasteiger partial charge in [0.25, 0.3) is 0 Å². The maximum absolute atomic E-state index is 13.4. The highest BCUT2D eigenvalue weighted by atomic mass is 16.6. The Bertz CT molecular complexity index is 977. The molecule has 2 saturated heterocycles. The Labute approximate surface area is 215 Å². The lowest BCUT2D eigenvalue weighted by Gasteiger charge is -2.51. The van der Waals surface area contributed by atoms with Crippen LogP contribution >= 0.6 is 0 Å². The zero-order valence-corrected chi connectivity index (χ0v) is 21.7. The Balaban J connectivity index is 1.17. The summed E-state index contributed by atoms with van der Waals surface area (Å²) in [7, 11) is 0. The normalized spacial score (nSPS) is 24.9. The van der Waals surface area contributed by atoms with Gasteiger partial charge in [-0.2, -0.15) is 0 Å². The number of morpholine rings is 1. The fourth-order valence-electron chi connectivity index (χ4n) is 6.66. The van der Waals surface area contributed by atoms with Crippen molar-refractivity contribution in [2.75, 3.05) is 19.8 Å². The van der Waals surface area contributed by atoms with Crippen molar-refractivity contribution in [1.82, 2.24) is 4.90 Å². The molecule has 2 heterocycles. The maximum atomic E-state index is 13.4. The van der Waals surface area contributed by atoms with Gasteiger partial charge in [0, 0.05) is 5.92 Å². The minimum atomic E-state index is -0.706. The molecule has 5 nitrogen and oxygen atoms in total. The van der Waals surface area contributed by atoms with Crippen LogP contribution in [0, 0.1) is 0 Å². The lowest BCUT2D eigenvalue weighted by Crippen LogP contribution is -2.63. The van der Waals surface area contributed by atoms with Gasteiger partial charge in [-0.25, -0.2) is 4.79 Å². The van der Waals surface area contributed by atoms with E-state index >= 15 is 0 Å². The monoisotopic (exact) mass is 491 g/mol. The van der Waals surface area contributed by atoms with E-state index in [0.29, 0.717) is 32.7 Å². The molecule has 1 N–H and O–H groups in total. The van der Waals surface area contributed by atoms with Gasteiger partial charge >= 0.3 is 6.09 Å². The summed E-state index contributed by atoms with van der Waals surface area (Å²) in [5.41, 5.74) is 4.19. The van der Waals surface area contributed by atoms with Crippen molar-refractivity contribution in [1.29, 1.82) is 0 Å². The Hall–Kier alpha value is -2.37. The van der Waals surface area contributed by atoms with E-state index < -0.39 is 5.60 Å². The third kappa shape index (κ3) is 5.33. The van der Waals surface area contributed by atoms with E-state index in [4.69, 9.17) is 9.47 Å². The maximum Gasteiger partial charge on any atom is 0.410 e. The number of hydrogen-bond donors (Lipinski definition) is 1. The Morgan fingerprint density at radius 2 is 1.47 bits per heavy atom. The van der Waals surface area contributed by atoms with Gasteiger partial charge in [-0.3, -0.25) is 4.90 Å². The molecule has 1 aliphatic carbocycles. The van der Waals surface area contributed by atoms with Crippen LogP contribution in [-0.4, -0.2) is 53.6 Å². The number of carbonyl (C=O) groups is 1. The molecule has 0 spiro atoms. The number of fused-ring (bicyclic) bond motifs is 5. The van der Waals surface area contributed by atoms with Gasteiger partial charge in [-0.15, -0.1) is 0 Å². The first kappa shape index (κ1) is 25.3. The summed E-state index contributed by atoms with van der Waals surface area (Å²) in [6.45, 7) is 3.51. The summed E-state index contributed by atoms with van der Waals surface area (Å²) in [5.74, 6) is 0.0523. The summed E-state index contributed by atoms with van der Waals surface area (Å²) in [5, 5.41) is 11.4. The standard InChI is InChI=1S/C31H41NO4/c1-2-3-4-5-6-7-12-17-31(34)18-23-20-35-21-24(19-31)32(23)30(33)36-22-29-27-15-10-8-13-25(27)26-14-9-11-16-28(26)29/h8-11,13-16,23-24,29,34H,2-7,12,17-22H2,1H3. The molecule has 0 radical (unpaired) electrons. The Morgan fingerprint density at radius 1 is 0.917 bits per heavy atom. The third-order valence-corrected chi connectivity index (χ3v) is 8.43. The minimum absolute atomic E-state index is 0.0523. The summed E-state index contributed by atoms with van der Waals surface area (Å²) >= 11 is 0. The van der Waals surface area contributed by atoms with Crippen molar-refractivity contribution in [3.8, 4) is 11.1 Å². The van der Waals surface area contributed by atoms with E-state index in [9.17, 15) is 9.90 Å². The van der Waals surface area contributed by atoms with Gasteiger partial charge in [-0.05, 0) is 41.5 Å². The molecule has 3 aliphatic rings. The molecule has 2 atom stereocenters. The molecule has 2 fully saturated rings. The number of carbonyl (C=O) groups excluding carboxylic acids is 1. The van der Waals surface area contributed by atoms with Gasteiger partial charge in [0.1, 0.15) is 6.61 Å². The molecule has 2 aliphatic heterocycles. The number of amides is 1. The zero-order valence-electron chi connectivity index (χ0n) is 21.7. The highest BCUT2D eigenvalue weighted by Crippen LogP contribution is 2.45. The number of aliphatic hydroxyl groups is 1. The molecule has 2 unspecified atom stereocenters. The van der Waals surface area contributed by atoms with Crippen molar-refractivity contribution < 1.29 is 19.4 Å². The SMILES string of the molecule is CCCCCCCCCC1(O)CC2COCC(C1)N2C(=O)OCC1c2ccccc2-c2ccccc21. The van der Waals surface area contributed by atoms with Crippen LogP contribution in [0.25, 0.3) is 11.1 Å². The molecule has 0 saturated carbocycles. The summed E-state index contributed by atoms with van der Waals surface area (Å²) in [6, 6.07) is 16.6. The third-order valence-electron chi connectivity index (χ3n) is 8.43. The topological polar surface area (TPSA) is 59.0 Å². The van der Waals surface area contributed by atoms with E-state index in [0.717, 1.165) is 12.8 Å². The molecular weight excluding hydrogens is 450 g/mol. The highest BCUT2D eigenvalue weighted by molar-refractivity contribution is 5.79. The number of unbranched alkanes of at least 4 members (excludes halogenated alkanes) is 6. The van der Waals surface area contributed by atoms with Crippen LogP contribution in [0.2, 0.25) is 0 Å². The molecule has 2 bridgehead atoms. The average molecular weight is 492 g/mol. The fourth-order valence-corrected chi connectivity index (χ4v) is 6.66. The molecule has 36 heavy (non-hydrogen) atoms.